The predicted molar refractivity (Wildman–Crippen MR) is 144 cm³/mol. The molecular formula is C27H35FN2O9S. The Morgan fingerprint density at radius 2 is 1.85 bits per heavy atom. The van der Waals surface area contributed by atoms with Crippen molar-refractivity contribution in [2.24, 2.45) is 11.8 Å². The molecule has 220 valence electrons. The van der Waals surface area contributed by atoms with Crippen LogP contribution in [-0.2, 0) is 33.4 Å². The van der Waals surface area contributed by atoms with E-state index < -0.39 is 60.8 Å². The highest BCUT2D eigenvalue weighted by atomic mass is 32.2. The van der Waals surface area contributed by atoms with E-state index in [4.69, 9.17) is 18.9 Å². The Hall–Kier alpha value is -3.35. The van der Waals surface area contributed by atoms with Gasteiger partial charge in [-0.3, -0.25) is 23.6 Å². The predicted octanol–water partition coefficient (Wildman–Crippen LogP) is 2.66. The van der Waals surface area contributed by atoms with Crippen molar-refractivity contribution >= 4 is 47.7 Å². The highest BCUT2D eigenvalue weighted by Gasteiger charge is 2.44. The largest absolute Gasteiger partial charge is 0.494 e. The van der Waals surface area contributed by atoms with Gasteiger partial charge in [0.1, 0.15) is 12.2 Å². The number of alkyl halides is 1. The summed E-state index contributed by atoms with van der Waals surface area (Å²) in [7, 11) is 1.32. The molecule has 1 aromatic rings. The third-order valence-corrected chi connectivity index (χ3v) is 8.20. The maximum absolute atomic E-state index is 13.3. The van der Waals surface area contributed by atoms with E-state index in [1.165, 1.54) is 39.2 Å². The van der Waals surface area contributed by atoms with Gasteiger partial charge in [-0.25, -0.2) is 4.79 Å². The van der Waals surface area contributed by atoms with Crippen LogP contribution in [0.1, 0.15) is 49.9 Å². The lowest BCUT2D eigenvalue weighted by Gasteiger charge is -2.30. The number of ether oxygens (including phenoxy) is 4. The first-order chi connectivity index (χ1) is 19.2. The van der Waals surface area contributed by atoms with Gasteiger partial charge in [-0.2, -0.15) is 11.8 Å². The van der Waals surface area contributed by atoms with Crippen LogP contribution >= 0.6 is 11.8 Å². The van der Waals surface area contributed by atoms with Crippen LogP contribution in [-0.4, -0.2) is 79.9 Å². The van der Waals surface area contributed by atoms with Crippen molar-refractivity contribution in [3.63, 3.8) is 0 Å². The number of cyclic esters (lactones) is 2. The van der Waals surface area contributed by atoms with Crippen LogP contribution in [0.3, 0.4) is 0 Å². The normalized spacial score (nSPS) is 25.1. The molecule has 3 rings (SSSR count). The second kappa shape index (κ2) is 14.9. The number of hydrogen-bond acceptors (Lipinski definition) is 10. The van der Waals surface area contributed by atoms with Crippen molar-refractivity contribution in [1.82, 2.24) is 5.32 Å². The number of rotatable bonds is 12. The summed E-state index contributed by atoms with van der Waals surface area (Å²) >= 11 is 1.72. The Morgan fingerprint density at radius 1 is 1.12 bits per heavy atom. The molecule has 2 fully saturated rings. The molecule has 2 N–H and O–H groups in total. The number of nitrogens with one attached hydrogen (secondary N) is 2. The second-order valence-corrected chi connectivity index (χ2v) is 10.8. The minimum atomic E-state index is -1.42. The summed E-state index contributed by atoms with van der Waals surface area (Å²) in [5.74, 6) is -2.00. The molecule has 0 aromatic heterocycles. The van der Waals surface area contributed by atoms with Gasteiger partial charge in [-0.15, -0.1) is 0 Å². The fourth-order valence-electron chi connectivity index (χ4n) is 4.58. The Balaban J connectivity index is 1.84. The van der Waals surface area contributed by atoms with Crippen LogP contribution in [0.15, 0.2) is 18.2 Å². The standard InChI is InChI=1S/C27H35FN2O9S/c1-15-22(30-25(33)18-8-6-9-20(29-14-31)24(18)36-3)27(35)38-16(2)23(39-21(32)11-17-12-40-13-17)19(26(34)37-15)7-4-5-10-28/h6,8-9,14-17,19,22-23H,4-5,7,10-13H2,1-3H3,(H,29,31)(H,30,33). The third-order valence-electron chi connectivity index (χ3n) is 6.78. The molecule has 2 aliphatic rings. The molecule has 11 nitrogen and oxygen atoms in total. The number of esters is 3. The number of carbonyl (C=O) groups is 5. The highest BCUT2D eigenvalue weighted by Crippen LogP contribution is 2.31. The lowest BCUT2D eigenvalue weighted by molar-refractivity contribution is -0.175. The van der Waals surface area contributed by atoms with Crippen molar-refractivity contribution in [2.75, 3.05) is 30.6 Å². The van der Waals surface area contributed by atoms with Crippen molar-refractivity contribution in [3.05, 3.63) is 23.8 Å². The first-order valence-electron chi connectivity index (χ1n) is 13.1. The van der Waals surface area contributed by atoms with Crippen LogP contribution < -0.4 is 15.4 Å². The van der Waals surface area contributed by atoms with Gasteiger partial charge < -0.3 is 29.6 Å². The summed E-state index contributed by atoms with van der Waals surface area (Å²) in [5, 5.41) is 4.97. The number of thioether (sulfide) groups is 1. The quantitative estimate of drug-likeness (QED) is 0.163. The van der Waals surface area contributed by atoms with Crippen molar-refractivity contribution in [2.45, 2.75) is 63.9 Å². The summed E-state index contributed by atoms with van der Waals surface area (Å²) in [6.45, 7) is 2.35. The maximum atomic E-state index is 13.3. The van der Waals surface area contributed by atoms with E-state index in [0.29, 0.717) is 12.8 Å². The molecule has 13 heteroatoms. The molecule has 0 aliphatic carbocycles. The summed E-state index contributed by atoms with van der Waals surface area (Å²) in [6, 6.07) is 3.05. The lowest BCUT2D eigenvalue weighted by Crippen LogP contribution is -2.50. The molecule has 0 saturated carbocycles. The summed E-state index contributed by atoms with van der Waals surface area (Å²) < 4.78 is 35.0. The van der Waals surface area contributed by atoms with E-state index in [2.05, 4.69) is 10.6 Å². The second-order valence-electron chi connectivity index (χ2n) is 9.74. The van der Waals surface area contributed by atoms with Crippen LogP contribution in [0.5, 0.6) is 5.75 Å². The van der Waals surface area contributed by atoms with Crippen molar-refractivity contribution < 1.29 is 47.3 Å². The molecule has 40 heavy (non-hydrogen) atoms. The number of methoxy groups -OCH3 is 1. The summed E-state index contributed by atoms with van der Waals surface area (Å²) in [5.41, 5.74) is 0.246. The highest BCUT2D eigenvalue weighted by molar-refractivity contribution is 8.00. The molecule has 5 unspecified atom stereocenters. The molecule has 0 spiro atoms. The smallest absolute Gasteiger partial charge is 0.332 e. The first-order valence-corrected chi connectivity index (χ1v) is 14.3. The van der Waals surface area contributed by atoms with Gasteiger partial charge in [0.05, 0.1) is 31.0 Å². The van der Waals surface area contributed by atoms with E-state index in [1.54, 1.807) is 11.8 Å². The minimum absolute atomic E-state index is 0.0126. The third kappa shape index (κ3) is 7.86. The fraction of sp³-hybridized carbons (Fsp3) is 0.593. The van der Waals surface area contributed by atoms with Gasteiger partial charge in [0.25, 0.3) is 5.91 Å². The molecule has 2 heterocycles. The Morgan fingerprint density at radius 3 is 2.48 bits per heavy atom. The zero-order valence-electron chi connectivity index (χ0n) is 22.7. The Labute approximate surface area is 236 Å². The van der Waals surface area contributed by atoms with Gasteiger partial charge in [0.15, 0.2) is 17.9 Å². The van der Waals surface area contributed by atoms with Crippen LogP contribution in [0.2, 0.25) is 0 Å². The van der Waals surface area contributed by atoms with Gasteiger partial charge >= 0.3 is 17.9 Å². The van der Waals surface area contributed by atoms with Gasteiger partial charge in [0.2, 0.25) is 6.41 Å². The molecule has 2 amide bonds. The zero-order chi connectivity index (χ0) is 29.2. The molecule has 0 radical (unpaired) electrons. The summed E-state index contributed by atoms with van der Waals surface area (Å²) in [4.78, 5) is 63.4. The van der Waals surface area contributed by atoms with E-state index in [1.807, 2.05) is 0 Å². The fourth-order valence-corrected chi connectivity index (χ4v) is 5.38. The number of para-hydroxylation sites is 1. The van der Waals surface area contributed by atoms with Crippen LogP contribution in [0, 0.1) is 11.8 Å². The Kier molecular flexibility index (Phi) is 11.6. The molecule has 2 saturated heterocycles. The number of halogens is 1. The average Bonchev–Trinajstić information content (AvgIpc) is 2.92. The SMILES string of the molecule is COc1c(NC=O)cccc1C(=O)NC1C(=O)OC(C)C(OC(=O)CC2CSC2)C(CCCCF)C(=O)OC1C. The molecule has 0 bridgehead atoms. The number of benzene rings is 1. The number of hydrogen-bond donors (Lipinski definition) is 2. The van der Waals surface area contributed by atoms with Crippen LogP contribution in [0.25, 0.3) is 0 Å². The van der Waals surface area contributed by atoms with E-state index >= 15 is 0 Å². The summed E-state index contributed by atoms with van der Waals surface area (Å²) in [6.07, 6.45) is -2.10. The van der Waals surface area contributed by atoms with E-state index in [9.17, 15) is 28.4 Å². The zero-order valence-corrected chi connectivity index (χ0v) is 23.5. The van der Waals surface area contributed by atoms with Gasteiger partial charge in [-0.1, -0.05) is 6.07 Å². The number of unbranched alkanes of at least 4 members (excludes halogenated alkanes) is 1. The molecule has 2 aliphatic heterocycles. The Bertz CT molecular complexity index is 1080. The van der Waals surface area contributed by atoms with Crippen molar-refractivity contribution in [3.8, 4) is 5.75 Å². The number of anilines is 1. The topological polar surface area (TPSA) is 146 Å². The number of carbonyl (C=O) groups excluding carboxylic acids is 5. The lowest BCUT2D eigenvalue weighted by atomic mass is 9.92. The van der Waals surface area contributed by atoms with Crippen molar-refractivity contribution in [1.29, 1.82) is 0 Å². The van der Waals surface area contributed by atoms with Crippen LogP contribution in [0.4, 0.5) is 10.1 Å². The minimum Gasteiger partial charge on any atom is -0.494 e. The van der Waals surface area contributed by atoms with Gasteiger partial charge in [0, 0.05) is 6.42 Å². The monoisotopic (exact) mass is 582 g/mol. The molecule has 5 atom stereocenters. The van der Waals surface area contributed by atoms with Gasteiger partial charge in [-0.05, 0) is 62.7 Å². The van der Waals surface area contributed by atoms with E-state index in [-0.39, 0.29) is 42.2 Å². The molecular weight excluding hydrogens is 547 g/mol. The average molecular weight is 583 g/mol. The molecule has 1 aromatic carbocycles. The maximum Gasteiger partial charge on any atom is 0.332 e. The number of amides is 2. The van der Waals surface area contributed by atoms with E-state index in [0.717, 1.165) is 11.5 Å². The first kappa shape index (κ1) is 31.2.